The molecule has 140 valence electrons. The first-order valence-corrected chi connectivity index (χ1v) is 9.49. The van der Waals surface area contributed by atoms with E-state index in [9.17, 15) is 14.7 Å². The molecule has 0 fully saturated rings. The first-order chi connectivity index (χ1) is 12.3. The molecule has 1 N–H and O–H groups in total. The molecule has 0 spiro atoms. The maximum atomic E-state index is 12.1. The molecule has 0 aliphatic heterocycles. The van der Waals surface area contributed by atoms with Crippen LogP contribution in [0.1, 0.15) is 37.7 Å². The van der Waals surface area contributed by atoms with E-state index in [1.54, 1.807) is 12.1 Å². The van der Waals surface area contributed by atoms with E-state index in [0.29, 0.717) is 16.5 Å². The van der Waals surface area contributed by atoms with Gasteiger partial charge in [-0.25, -0.2) is 0 Å². The van der Waals surface area contributed by atoms with Crippen molar-refractivity contribution in [2.75, 3.05) is 7.11 Å². The number of halogens is 1. The molecule has 1 aromatic heterocycles. The molecule has 2 rings (SSSR count). The van der Waals surface area contributed by atoms with Crippen molar-refractivity contribution in [1.29, 1.82) is 0 Å². The van der Waals surface area contributed by atoms with Crippen molar-refractivity contribution in [3.05, 3.63) is 57.1 Å². The van der Waals surface area contributed by atoms with Gasteiger partial charge in [0.05, 0.1) is 19.3 Å². The summed E-state index contributed by atoms with van der Waals surface area (Å²) in [6, 6.07) is 8.60. The normalized spacial score (nSPS) is 12.2. The van der Waals surface area contributed by atoms with Crippen LogP contribution in [0, 0.1) is 5.92 Å². The highest BCUT2D eigenvalue weighted by molar-refractivity contribution is 7.98. The topological polar surface area (TPSA) is 76.7 Å². The van der Waals surface area contributed by atoms with Gasteiger partial charge in [-0.3, -0.25) is 9.59 Å². The SMILES string of the molecule is COC(=O)C[C@H](c1oc(CSc2ccc(Cl)cc2)cc(=O)c1O)C(C)C. The Morgan fingerprint density at radius 3 is 2.54 bits per heavy atom. The fourth-order valence-corrected chi connectivity index (χ4v) is 3.36. The molecule has 0 saturated carbocycles. The third-order valence-electron chi connectivity index (χ3n) is 3.95. The van der Waals surface area contributed by atoms with Gasteiger partial charge in [0.2, 0.25) is 11.2 Å². The Kier molecular flexibility index (Phi) is 7.17. The zero-order chi connectivity index (χ0) is 19.3. The molecule has 7 heteroatoms. The third kappa shape index (κ3) is 5.29. The summed E-state index contributed by atoms with van der Waals surface area (Å²) in [6.45, 7) is 3.78. The first-order valence-electron chi connectivity index (χ1n) is 8.13. The average Bonchev–Trinajstić information content (AvgIpc) is 2.61. The van der Waals surface area contributed by atoms with Crippen molar-refractivity contribution >= 4 is 29.3 Å². The van der Waals surface area contributed by atoms with E-state index in [2.05, 4.69) is 0 Å². The van der Waals surface area contributed by atoms with Crippen LogP contribution >= 0.6 is 23.4 Å². The van der Waals surface area contributed by atoms with Gasteiger partial charge in [0.25, 0.3) is 0 Å². The van der Waals surface area contributed by atoms with E-state index < -0.39 is 23.1 Å². The highest BCUT2D eigenvalue weighted by Crippen LogP contribution is 2.34. The Balaban J connectivity index is 2.27. The summed E-state index contributed by atoms with van der Waals surface area (Å²) in [5.74, 6) is -0.381. The number of aromatic hydroxyl groups is 1. The van der Waals surface area contributed by atoms with Gasteiger partial charge in [0, 0.05) is 21.9 Å². The molecule has 0 aliphatic carbocycles. The van der Waals surface area contributed by atoms with Crippen LogP contribution in [-0.2, 0) is 15.3 Å². The number of carbonyl (C=O) groups is 1. The fourth-order valence-electron chi connectivity index (χ4n) is 2.46. The molecule has 0 aliphatic rings. The summed E-state index contributed by atoms with van der Waals surface area (Å²) in [7, 11) is 1.30. The highest BCUT2D eigenvalue weighted by atomic mass is 35.5. The van der Waals surface area contributed by atoms with Gasteiger partial charge in [-0.2, -0.15) is 0 Å². The van der Waals surface area contributed by atoms with Crippen molar-refractivity contribution in [2.24, 2.45) is 5.92 Å². The minimum absolute atomic E-state index is 0.0256. The molecule has 1 heterocycles. The molecule has 0 unspecified atom stereocenters. The highest BCUT2D eigenvalue weighted by Gasteiger charge is 2.27. The van der Waals surface area contributed by atoms with E-state index in [-0.39, 0.29) is 18.1 Å². The molecule has 1 atom stereocenters. The Morgan fingerprint density at radius 2 is 1.96 bits per heavy atom. The van der Waals surface area contributed by atoms with Crippen molar-refractivity contribution in [3.8, 4) is 5.75 Å². The number of thioether (sulfide) groups is 1. The lowest BCUT2D eigenvalue weighted by Crippen LogP contribution is -2.16. The average molecular weight is 397 g/mol. The van der Waals surface area contributed by atoms with Gasteiger partial charge in [-0.1, -0.05) is 25.4 Å². The number of carbonyl (C=O) groups excluding carboxylic acids is 1. The van der Waals surface area contributed by atoms with Crippen LogP contribution in [0.15, 0.2) is 44.4 Å². The van der Waals surface area contributed by atoms with E-state index in [4.69, 9.17) is 20.8 Å². The van der Waals surface area contributed by atoms with Crippen LogP contribution < -0.4 is 5.43 Å². The summed E-state index contributed by atoms with van der Waals surface area (Å²) >= 11 is 7.35. The Morgan fingerprint density at radius 1 is 1.31 bits per heavy atom. The molecule has 0 radical (unpaired) electrons. The van der Waals surface area contributed by atoms with Crippen molar-refractivity contribution < 1.29 is 19.1 Å². The van der Waals surface area contributed by atoms with Crippen molar-refractivity contribution in [3.63, 3.8) is 0 Å². The Bertz CT molecular complexity index is 814. The molecule has 26 heavy (non-hydrogen) atoms. The monoisotopic (exact) mass is 396 g/mol. The third-order valence-corrected chi connectivity index (χ3v) is 5.24. The molecule has 2 aromatic rings. The largest absolute Gasteiger partial charge is 0.502 e. The maximum absolute atomic E-state index is 12.1. The van der Waals surface area contributed by atoms with Crippen molar-refractivity contribution in [1.82, 2.24) is 0 Å². The Labute approximate surface area is 161 Å². The van der Waals surface area contributed by atoms with Crippen LogP contribution in [-0.4, -0.2) is 18.2 Å². The zero-order valence-electron chi connectivity index (χ0n) is 14.8. The van der Waals surface area contributed by atoms with E-state index in [0.717, 1.165) is 4.90 Å². The van der Waals surface area contributed by atoms with Gasteiger partial charge in [-0.15, -0.1) is 11.8 Å². The van der Waals surface area contributed by atoms with E-state index >= 15 is 0 Å². The minimum atomic E-state index is -0.520. The molecule has 5 nitrogen and oxygen atoms in total. The smallest absolute Gasteiger partial charge is 0.306 e. The lowest BCUT2D eigenvalue weighted by atomic mass is 9.89. The summed E-state index contributed by atoms with van der Waals surface area (Å²) in [4.78, 5) is 24.8. The summed E-state index contributed by atoms with van der Waals surface area (Å²) in [5, 5.41) is 10.8. The second-order valence-corrected chi connectivity index (χ2v) is 7.65. The second kappa shape index (κ2) is 9.14. The summed E-state index contributed by atoms with van der Waals surface area (Å²) in [5.41, 5.74) is -0.520. The number of hydrogen-bond acceptors (Lipinski definition) is 6. The molecule has 0 bridgehead atoms. The standard InChI is InChI=1S/C19H21ClO5S/c1-11(2)15(9-17(22)24-3)19-18(23)16(21)8-13(25-19)10-26-14-6-4-12(20)5-7-14/h4-8,11,15,23H,9-10H2,1-3H3/t15-/m0/s1. The summed E-state index contributed by atoms with van der Waals surface area (Å²) < 4.78 is 10.5. The number of esters is 1. The fraction of sp³-hybridized carbons (Fsp3) is 0.368. The predicted molar refractivity (Wildman–Crippen MR) is 102 cm³/mol. The van der Waals surface area contributed by atoms with Crippen LogP contribution in [0.4, 0.5) is 0 Å². The molecular weight excluding hydrogens is 376 g/mol. The van der Waals surface area contributed by atoms with E-state index in [1.807, 2.05) is 26.0 Å². The van der Waals surface area contributed by atoms with E-state index in [1.165, 1.54) is 24.9 Å². The van der Waals surface area contributed by atoms with Crippen molar-refractivity contribution in [2.45, 2.75) is 36.8 Å². The second-order valence-electron chi connectivity index (χ2n) is 6.16. The quantitative estimate of drug-likeness (QED) is 0.544. The van der Waals surface area contributed by atoms with Crippen LogP contribution in [0.3, 0.4) is 0 Å². The van der Waals surface area contributed by atoms with Gasteiger partial charge in [0.1, 0.15) is 5.76 Å². The van der Waals surface area contributed by atoms with Crippen LogP contribution in [0.25, 0.3) is 0 Å². The summed E-state index contributed by atoms with van der Waals surface area (Å²) in [6.07, 6.45) is 0.0262. The van der Waals surface area contributed by atoms with Gasteiger partial charge in [0.15, 0.2) is 5.76 Å². The zero-order valence-corrected chi connectivity index (χ0v) is 16.4. The number of methoxy groups -OCH3 is 1. The number of hydrogen-bond donors (Lipinski definition) is 1. The molecule has 1 aromatic carbocycles. The number of ether oxygens (including phenoxy) is 1. The van der Waals surface area contributed by atoms with Gasteiger partial charge < -0.3 is 14.3 Å². The lowest BCUT2D eigenvalue weighted by molar-refractivity contribution is -0.141. The molecular formula is C19H21ClO5S. The maximum Gasteiger partial charge on any atom is 0.306 e. The van der Waals surface area contributed by atoms with Gasteiger partial charge >= 0.3 is 5.97 Å². The minimum Gasteiger partial charge on any atom is -0.502 e. The lowest BCUT2D eigenvalue weighted by Gasteiger charge is -2.20. The molecule has 0 amide bonds. The van der Waals surface area contributed by atoms with Gasteiger partial charge in [-0.05, 0) is 30.2 Å². The first kappa shape index (κ1) is 20.4. The number of benzene rings is 1. The number of rotatable bonds is 7. The van der Waals surface area contributed by atoms with Crippen LogP contribution in [0.2, 0.25) is 5.02 Å². The Hall–Kier alpha value is -1.92. The predicted octanol–water partition coefficient (Wildman–Crippen LogP) is 4.59. The molecule has 0 saturated heterocycles. The van der Waals surface area contributed by atoms with Crippen LogP contribution in [0.5, 0.6) is 5.75 Å².